The number of benzene rings is 1. The number of hydrogen-bond acceptors (Lipinski definition) is 5. The van der Waals surface area contributed by atoms with Gasteiger partial charge < -0.3 is 14.3 Å². The van der Waals surface area contributed by atoms with Gasteiger partial charge in [0.25, 0.3) is 0 Å². The first kappa shape index (κ1) is 16.8. The number of aromatic nitrogens is 2. The van der Waals surface area contributed by atoms with Crippen LogP contribution in [-0.4, -0.2) is 59.7 Å². The number of fused-ring (bicyclic) bond motifs is 1. The molecule has 0 saturated carbocycles. The molecular weight excluding hydrogens is 356 g/mol. The van der Waals surface area contributed by atoms with Crippen molar-refractivity contribution in [2.24, 2.45) is 0 Å². The van der Waals surface area contributed by atoms with Crippen LogP contribution in [0.2, 0.25) is 0 Å². The monoisotopic (exact) mass is 374 g/mol. The fourth-order valence-corrected chi connectivity index (χ4v) is 4.52. The van der Waals surface area contributed by atoms with Crippen molar-refractivity contribution in [3.05, 3.63) is 48.6 Å². The summed E-state index contributed by atoms with van der Waals surface area (Å²) in [5.41, 5.74) is 1.97. The second-order valence-electron chi connectivity index (χ2n) is 6.16. The van der Waals surface area contributed by atoms with Gasteiger partial charge in [-0.3, -0.25) is 4.79 Å². The Morgan fingerprint density at radius 1 is 1.19 bits per heavy atom. The van der Waals surface area contributed by atoms with Crippen molar-refractivity contribution in [3.8, 4) is 0 Å². The summed E-state index contributed by atoms with van der Waals surface area (Å²) in [5.74, 6) is 0.00438. The summed E-state index contributed by atoms with van der Waals surface area (Å²) in [4.78, 5) is 21.1. The molecule has 2 aromatic heterocycles. The summed E-state index contributed by atoms with van der Waals surface area (Å²) < 4.78 is 32.3. The Labute approximate surface area is 150 Å². The average Bonchev–Trinajstić information content (AvgIpc) is 3.32. The Bertz CT molecular complexity index is 1020. The fraction of sp³-hybridized carbons (Fsp3) is 0.294. The van der Waals surface area contributed by atoms with Gasteiger partial charge in [0.05, 0.1) is 11.3 Å². The molecule has 9 heteroatoms. The minimum absolute atomic E-state index is 0.00438. The van der Waals surface area contributed by atoms with Crippen LogP contribution in [0.25, 0.3) is 11.1 Å². The van der Waals surface area contributed by atoms with Crippen LogP contribution in [0.3, 0.4) is 0 Å². The molecule has 0 bridgehead atoms. The van der Waals surface area contributed by atoms with E-state index >= 15 is 0 Å². The summed E-state index contributed by atoms with van der Waals surface area (Å²) in [6, 6.07) is 6.51. The first-order chi connectivity index (χ1) is 12.5. The number of piperazine rings is 1. The zero-order valence-corrected chi connectivity index (χ0v) is 14.8. The molecule has 0 atom stereocenters. The number of H-pyrrole nitrogens is 1. The summed E-state index contributed by atoms with van der Waals surface area (Å²) >= 11 is 0. The van der Waals surface area contributed by atoms with Gasteiger partial charge in [-0.2, -0.15) is 4.31 Å². The van der Waals surface area contributed by atoms with E-state index in [2.05, 4.69) is 9.97 Å². The summed E-state index contributed by atoms with van der Waals surface area (Å²) in [6.07, 6.45) is 5.17. The third kappa shape index (κ3) is 3.11. The lowest BCUT2D eigenvalue weighted by atomic mass is 10.2. The maximum absolute atomic E-state index is 12.8. The van der Waals surface area contributed by atoms with Gasteiger partial charge in [0.15, 0.2) is 12.0 Å². The fourth-order valence-electron chi connectivity index (χ4n) is 3.08. The number of carbonyl (C=O) groups excluding carboxylic acids is 1. The second-order valence-corrected chi connectivity index (χ2v) is 8.10. The maximum atomic E-state index is 12.8. The molecule has 1 N–H and O–H groups in total. The summed E-state index contributed by atoms with van der Waals surface area (Å²) in [6.45, 7) is 1.31. The van der Waals surface area contributed by atoms with Crippen molar-refractivity contribution in [1.29, 1.82) is 0 Å². The number of hydrogen-bond donors (Lipinski definition) is 1. The van der Waals surface area contributed by atoms with E-state index in [4.69, 9.17) is 4.42 Å². The number of nitrogens with zero attached hydrogens (tertiary/aromatic N) is 3. The number of sulfonamides is 1. The van der Waals surface area contributed by atoms with Gasteiger partial charge in [-0.1, -0.05) is 0 Å². The lowest BCUT2D eigenvalue weighted by Crippen LogP contribution is -2.50. The smallest absolute Gasteiger partial charge is 0.243 e. The Morgan fingerprint density at radius 2 is 2.00 bits per heavy atom. The molecule has 3 heterocycles. The van der Waals surface area contributed by atoms with Crippen molar-refractivity contribution in [1.82, 2.24) is 19.2 Å². The lowest BCUT2D eigenvalue weighted by molar-refractivity contribution is -0.131. The van der Waals surface area contributed by atoms with E-state index in [9.17, 15) is 13.2 Å². The number of rotatable bonds is 4. The molecule has 1 aliphatic rings. The number of oxazole rings is 1. The topological polar surface area (TPSA) is 99.5 Å². The highest BCUT2D eigenvalue weighted by molar-refractivity contribution is 7.89. The van der Waals surface area contributed by atoms with Gasteiger partial charge in [0, 0.05) is 44.6 Å². The van der Waals surface area contributed by atoms with Crippen LogP contribution in [0.5, 0.6) is 0 Å². The van der Waals surface area contributed by atoms with E-state index < -0.39 is 10.0 Å². The van der Waals surface area contributed by atoms with E-state index in [1.54, 1.807) is 23.4 Å². The van der Waals surface area contributed by atoms with E-state index in [1.807, 2.05) is 6.07 Å². The summed E-state index contributed by atoms with van der Waals surface area (Å²) in [5, 5.41) is 0. The van der Waals surface area contributed by atoms with Crippen LogP contribution < -0.4 is 0 Å². The van der Waals surface area contributed by atoms with E-state index in [0.717, 1.165) is 5.56 Å². The molecule has 0 radical (unpaired) electrons. The van der Waals surface area contributed by atoms with E-state index in [-0.39, 0.29) is 23.9 Å². The molecule has 3 aromatic rings. The van der Waals surface area contributed by atoms with Crippen LogP contribution in [0, 0.1) is 0 Å². The van der Waals surface area contributed by atoms with Gasteiger partial charge in [-0.25, -0.2) is 13.4 Å². The van der Waals surface area contributed by atoms with Crippen molar-refractivity contribution < 1.29 is 17.6 Å². The molecule has 8 nitrogen and oxygen atoms in total. The van der Waals surface area contributed by atoms with Gasteiger partial charge in [-0.15, -0.1) is 0 Å². The maximum Gasteiger partial charge on any atom is 0.243 e. The Morgan fingerprint density at radius 3 is 2.73 bits per heavy atom. The van der Waals surface area contributed by atoms with Gasteiger partial charge in [-0.05, 0) is 23.8 Å². The van der Waals surface area contributed by atoms with Crippen molar-refractivity contribution in [2.75, 3.05) is 26.2 Å². The van der Waals surface area contributed by atoms with Crippen LogP contribution in [-0.2, 0) is 21.2 Å². The largest absolute Gasteiger partial charge is 0.443 e. The van der Waals surface area contributed by atoms with Crippen LogP contribution in [0.4, 0.5) is 0 Å². The third-order valence-electron chi connectivity index (χ3n) is 4.55. The first-order valence-electron chi connectivity index (χ1n) is 8.27. The second kappa shape index (κ2) is 6.58. The minimum atomic E-state index is -3.63. The van der Waals surface area contributed by atoms with Crippen molar-refractivity contribution in [3.63, 3.8) is 0 Å². The molecule has 0 aliphatic carbocycles. The highest BCUT2D eigenvalue weighted by Gasteiger charge is 2.30. The van der Waals surface area contributed by atoms with Gasteiger partial charge in [0.2, 0.25) is 15.9 Å². The SMILES string of the molecule is O=C(Cc1cc[nH]c1)N1CCN(S(=O)(=O)c2ccc3ncoc3c2)CC1. The molecule has 1 fully saturated rings. The normalized spacial score (nSPS) is 16.2. The molecule has 136 valence electrons. The number of nitrogens with one attached hydrogen (secondary N) is 1. The molecule has 1 amide bonds. The zero-order chi connectivity index (χ0) is 18.1. The zero-order valence-electron chi connectivity index (χ0n) is 14.0. The lowest BCUT2D eigenvalue weighted by Gasteiger charge is -2.34. The highest BCUT2D eigenvalue weighted by Crippen LogP contribution is 2.22. The van der Waals surface area contributed by atoms with Gasteiger partial charge >= 0.3 is 0 Å². The number of aromatic amines is 1. The highest BCUT2D eigenvalue weighted by atomic mass is 32.2. The predicted octanol–water partition coefficient (Wildman–Crippen LogP) is 1.23. The quantitative estimate of drug-likeness (QED) is 0.740. The molecule has 1 saturated heterocycles. The van der Waals surface area contributed by atoms with E-state index in [0.29, 0.717) is 30.6 Å². The molecule has 4 rings (SSSR count). The average molecular weight is 374 g/mol. The predicted molar refractivity (Wildman–Crippen MR) is 93.8 cm³/mol. The first-order valence-corrected chi connectivity index (χ1v) is 9.71. The molecule has 0 spiro atoms. The third-order valence-corrected chi connectivity index (χ3v) is 6.44. The molecule has 26 heavy (non-hydrogen) atoms. The Hall–Kier alpha value is -2.65. The molecule has 1 aliphatic heterocycles. The minimum Gasteiger partial charge on any atom is -0.443 e. The molecular formula is C17H18N4O4S. The van der Waals surface area contributed by atoms with Gasteiger partial charge in [0.1, 0.15) is 5.52 Å². The molecule has 1 aromatic carbocycles. The molecule has 0 unspecified atom stereocenters. The van der Waals surface area contributed by atoms with E-state index in [1.165, 1.54) is 22.8 Å². The summed E-state index contributed by atoms with van der Waals surface area (Å²) in [7, 11) is -3.63. The Balaban J connectivity index is 1.44. The standard InChI is InChI=1S/C17H18N4O4S/c22-17(9-13-3-4-18-11-13)20-5-7-21(8-6-20)26(23,24)14-1-2-15-16(10-14)25-12-19-15/h1-4,10-12,18H,5-9H2. The van der Waals surface area contributed by atoms with Crippen LogP contribution in [0.15, 0.2) is 52.4 Å². The van der Waals surface area contributed by atoms with Crippen LogP contribution in [0.1, 0.15) is 5.56 Å². The van der Waals surface area contributed by atoms with Crippen LogP contribution >= 0.6 is 0 Å². The Kier molecular flexibility index (Phi) is 4.25. The number of carbonyl (C=O) groups is 1. The van der Waals surface area contributed by atoms with Crippen molar-refractivity contribution >= 4 is 27.0 Å². The number of amides is 1. The van der Waals surface area contributed by atoms with Crippen molar-refractivity contribution in [2.45, 2.75) is 11.3 Å².